The SMILES string of the molecule is CC(C)(C)c1cc(-c2ccccc2)cc(N2C=C(c3ccccc3)N(c3[c-]c(Oc4[c-]c5c(c(C(C)(C)C)c4)c4ccccc4n5-c4cc(C(C)(C)c5ccccc5)ccn4)cc(C(C)(C)c4ccccc4)c3)[CH-]2)c1.[Pt]. The van der Waals surface area contributed by atoms with E-state index in [-0.39, 0.29) is 37.3 Å². The molecule has 2 aromatic heterocycles. The standard InChI is InChI=1S/C70H65N4O.Pt/c1-67(2,3)54-37-50(48-25-15-11-16-26-48)38-56(39-54)72-46-64(49-27-17-12-18-28-49)73(47-72)57-40-55(70(9,10)52-31-21-14-22-32-52)41-58(43-57)75-59-44-61(68(4,5)6)66-60-33-23-24-34-62(60)74(63(66)45-59)65-42-53(35-36-71-65)69(7,8)51-29-19-13-20-30-51;/h11-42,44,46-47H,1-10H3;/q-3;. The van der Waals surface area contributed by atoms with Crippen molar-refractivity contribution in [1.82, 2.24) is 9.55 Å². The number of ether oxygens (including phenoxy) is 1. The molecule has 0 radical (unpaired) electrons. The number of hydrogen-bond donors (Lipinski definition) is 0. The van der Waals surface area contributed by atoms with Gasteiger partial charge in [-0.25, -0.2) is 4.98 Å². The number of rotatable bonds is 11. The van der Waals surface area contributed by atoms with Gasteiger partial charge in [-0.3, -0.25) is 0 Å². The fourth-order valence-corrected chi connectivity index (χ4v) is 10.6. The van der Waals surface area contributed by atoms with Gasteiger partial charge in [-0.2, -0.15) is 0 Å². The van der Waals surface area contributed by atoms with Crippen molar-refractivity contribution in [3.8, 4) is 28.4 Å². The number of hydrogen-bond acceptors (Lipinski definition) is 4. The third-order valence-corrected chi connectivity index (χ3v) is 15.2. The Balaban J connectivity index is 0.00000657. The van der Waals surface area contributed by atoms with Gasteiger partial charge in [0.25, 0.3) is 0 Å². The van der Waals surface area contributed by atoms with Gasteiger partial charge < -0.3 is 19.1 Å². The zero-order valence-electron chi connectivity index (χ0n) is 45.2. The molecule has 384 valence electrons. The van der Waals surface area contributed by atoms with Crippen LogP contribution in [0.3, 0.4) is 0 Å². The summed E-state index contributed by atoms with van der Waals surface area (Å²) in [7, 11) is 0. The maximum Gasteiger partial charge on any atom is 0.135 e. The summed E-state index contributed by atoms with van der Waals surface area (Å²) in [5, 5.41) is 2.28. The Hall–Kier alpha value is -7.46. The van der Waals surface area contributed by atoms with Crippen molar-refractivity contribution in [3.63, 3.8) is 0 Å². The zero-order valence-corrected chi connectivity index (χ0v) is 47.5. The molecule has 1 aliphatic rings. The van der Waals surface area contributed by atoms with E-state index >= 15 is 0 Å². The number of pyridine rings is 1. The van der Waals surface area contributed by atoms with Gasteiger partial charge in [-0.1, -0.05) is 226 Å². The predicted octanol–water partition coefficient (Wildman–Crippen LogP) is 17.9. The molecule has 0 unspecified atom stereocenters. The van der Waals surface area contributed by atoms with Crippen LogP contribution in [0.5, 0.6) is 11.5 Å². The van der Waals surface area contributed by atoms with Crippen LogP contribution in [0.2, 0.25) is 0 Å². The van der Waals surface area contributed by atoms with E-state index in [2.05, 4.69) is 303 Å². The quantitative estimate of drug-likeness (QED) is 0.121. The van der Waals surface area contributed by atoms with E-state index in [1.54, 1.807) is 0 Å². The number of para-hydroxylation sites is 1. The van der Waals surface area contributed by atoms with Gasteiger partial charge in [0.2, 0.25) is 0 Å². The van der Waals surface area contributed by atoms with Gasteiger partial charge in [0, 0.05) is 61.1 Å². The Labute approximate surface area is 464 Å². The van der Waals surface area contributed by atoms with E-state index < -0.39 is 5.41 Å². The van der Waals surface area contributed by atoms with Crippen molar-refractivity contribution in [2.45, 2.75) is 90.9 Å². The van der Waals surface area contributed by atoms with Gasteiger partial charge in [0.1, 0.15) is 5.82 Å². The van der Waals surface area contributed by atoms with Gasteiger partial charge in [-0.15, -0.1) is 53.8 Å². The molecule has 10 aromatic rings. The molecule has 0 fully saturated rings. The van der Waals surface area contributed by atoms with Crippen LogP contribution in [0.25, 0.3) is 44.4 Å². The van der Waals surface area contributed by atoms with Crippen LogP contribution in [0.4, 0.5) is 11.4 Å². The molecule has 0 N–H and O–H groups in total. The summed E-state index contributed by atoms with van der Waals surface area (Å²) >= 11 is 0. The molecule has 0 saturated heterocycles. The molecule has 0 atom stereocenters. The molecule has 1 aliphatic heterocycles. The average molecular weight is 1170 g/mol. The largest absolute Gasteiger partial charge is 0.509 e. The fourth-order valence-electron chi connectivity index (χ4n) is 10.6. The summed E-state index contributed by atoms with van der Waals surface area (Å²) in [6.07, 6.45) is 4.19. The minimum Gasteiger partial charge on any atom is -0.509 e. The Morgan fingerprint density at radius 2 is 1.07 bits per heavy atom. The van der Waals surface area contributed by atoms with Crippen LogP contribution >= 0.6 is 0 Å². The first kappa shape index (κ1) is 52.0. The van der Waals surface area contributed by atoms with Crippen LogP contribution in [0, 0.1) is 18.8 Å². The second-order valence-electron chi connectivity index (χ2n) is 23.1. The molecule has 6 heteroatoms. The topological polar surface area (TPSA) is 33.5 Å². The predicted molar refractivity (Wildman–Crippen MR) is 313 cm³/mol. The van der Waals surface area contributed by atoms with Crippen molar-refractivity contribution in [2.24, 2.45) is 0 Å². The second-order valence-corrected chi connectivity index (χ2v) is 23.1. The van der Waals surface area contributed by atoms with Crippen molar-refractivity contribution in [1.29, 1.82) is 0 Å². The van der Waals surface area contributed by atoms with Crippen LogP contribution in [-0.4, -0.2) is 9.55 Å². The number of fused-ring (bicyclic) bond motifs is 3. The molecule has 0 saturated carbocycles. The third-order valence-electron chi connectivity index (χ3n) is 15.2. The first-order chi connectivity index (χ1) is 35.9. The Morgan fingerprint density at radius 3 is 1.70 bits per heavy atom. The molecule has 0 spiro atoms. The monoisotopic (exact) mass is 1170 g/mol. The Bertz CT molecular complexity index is 3730. The number of anilines is 2. The summed E-state index contributed by atoms with van der Waals surface area (Å²) in [6, 6.07) is 77.0. The molecule has 76 heavy (non-hydrogen) atoms. The molecule has 11 rings (SSSR count). The van der Waals surface area contributed by atoms with Crippen molar-refractivity contribution >= 4 is 38.9 Å². The van der Waals surface area contributed by atoms with Crippen LogP contribution in [0.1, 0.15) is 108 Å². The molecule has 5 nitrogen and oxygen atoms in total. The molecule has 0 bridgehead atoms. The fraction of sp³-hybridized carbons (Fsp3) is 0.200. The molecular formula is C70H65N4OPt-3. The Kier molecular flexibility index (Phi) is 13.9. The van der Waals surface area contributed by atoms with Gasteiger partial charge >= 0.3 is 0 Å². The van der Waals surface area contributed by atoms with Crippen LogP contribution < -0.4 is 14.5 Å². The maximum atomic E-state index is 7.27. The smallest absolute Gasteiger partial charge is 0.135 e. The summed E-state index contributed by atoms with van der Waals surface area (Å²) in [6.45, 7) is 25.0. The minimum absolute atomic E-state index is 0. The van der Waals surface area contributed by atoms with E-state index in [4.69, 9.17) is 9.72 Å². The van der Waals surface area contributed by atoms with Crippen LogP contribution in [-0.2, 0) is 42.7 Å². The maximum absolute atomic E-state index is 7.27. The van der Waals surface area contributed by atoms with Crippen molar-refractivity contribution in [2.75, 3.05) is 9.80 Å². The molecule has 0 amide bonds. The Morgan fingerprint density at radius 1 is 0.487 bits per heavy atom. The molecular weight excluding hydrogens is 1110 g/mol. The summed E-state index contributed by atoms with van der Waals surface area (Å²) in [5.74, 6) is 2.02. The molecule has 8 aromatic carbocycles. The van der Waals surface area contributed by atoms with Gasteiger partial charge in [0.05, 0.1) is 0 Å². The number of benzene rings is 8. The van der Waals surface area contributed by atoms with E-state index in [1.165, 1.54) is 33.4 Å². The summed E-state index contributed by atoms with van der Waals surface area (Å²) < 4.78 is 9.54. The molecule has 0 aliphatic carbocycles. The first-order valence-electron chi connectivity index (χ1n) is 26.2. The van der Waals surface area contributed by atoms with E-state index in [0.717, 1.165) is 61.4 Å². The minimum atomic E-state index is -0.411. The first-order valence-corrected chi connectivity index (χ1v) is 26.2. The number of aromatic nitrogens is 2. The van der Waals surface area contributed by atoms with E-state index in [1.807, 2.05) is 6.20 Å². The third kappa shape index (κ3) is 9.94. The number of nitrogens with zero attached hydrogens (tertiary/aromatic N) is 4. The molecule has 3 heterocycles. The second kappa shape index (κ2) is 20.2. The van der Waals surface area contributed by atoms with Gasteiger partial charge in [0.15, 0.2) is 0 Å². The summed E-state index contributed by atoms with van der Waals surface area (Å²) in [5.41, 5.74) is 14.5. The van der Waals surface area contributed by atoms with Crippen molar-refractivity contribution in [3.05, 3.63) is 264 Å². The van der Waals surface area contributed by atoms with E-state index in [9.17, 15) is 0 Å². The van der Waals surface area contributed by atoms with Gasteiger partial charge in [-0.05, 0) is 97.1 Å². The van der Waals surface area contributed by atoms with Crippen LogP contribution in [0.15, 0.2) is 207 Å². The van der Waals surface area contributed by atoms with E-state index in [0.29, 0.717) is 11.5 Å². The summed E-state index contributed by atoms with van der Waals surface area (Å²) in [4.78, 5) is 9.61. The normalized spacial score (nSPS) is 13.3. The average Bonchev–Trinajstić information content (AvgIpc) is 4.03. The van der Waals surface area contributed by atoms with Crippen molar-refractivity contribution < 1.29 is 25.8 Å². The zero-order chi connectivity index (χ0) is 52.3.